The van der Waals surface area contributed by atoms with Gasteiger partial charge in [-0.05, 0) is 40.2 Å². The van der Waals surface area contributed by atoms with E-state index in [2.05, 4.69) is 35.0 Å². The van der Waals surface area contributed by atoms with Gasteiger partial charge < -0.3 is 9.64 Å². The summed E-state index contributed by atoms with van der Waals surface area (Å²) in [7, 11) is 0. The maximum atomic E-state index is 9.37. The van der Waals surface area contributed by atoms with E-state index >= 15 is 0 Å². The number of rotatable bonds is 1. The van der Waals surface area contributed by atoms with Gasteiger partial charge in [-0.1, -0.05) is 0 Å². The third kappa shape index (κ3) is 2.69. The van der Waals surface area contributed by atoms with Crippen LogP contribution >= 0.6 is 0 Å². The lowest BCUT2D eigenvalue weighted by atomic mass is 10.0. The number of hydrogen-bond acceptors (Lipinski definition) is 5. The van der Waals surface area contributed by atoms with Crippen LogP contribution in [0.4, 0.5) is 5.82 Å². The van der Waals surface area contributed by atoms with Crippen LogP contribution < -0.4 is 4.90 Å². The van der Waals surface area contributed by atoms with E-state index in [0.717, 1.165) is 17.8 Å². The third-order valence-electron chi connectivity index (χ3n) is 3.42. The Bertz CT molecular complexity index is 533. The molecule has 0 spiro atoms. The third-order valence-corrected chi connectivity index (χ3v) is 3.42. The van der Waals surface area contributed by atoms with Gasteiger partial charge in [0.1, 0.15) is 11.6 Å². The van der Waals surface area contributed by atoms with Crippen LogP contribution in [0.2, 0.25) is 0 Å². The summed E-state index contributed by atoms with van der Waals surface area (Å²) < 4.78 is 5.88. The number of hydrogen-bond donors (Lipinski definition) is 0. The molecule has 19 heavy (non-hydrogen) atoms. The lowest BCUT2D eigenvalue weighted by Gasteiger charge is -2.42. The zero-order valence-corrected chi connectivity index (χ0v) is 12.2. The Labute approximate surface area is 114 Å². The molecule has 1 aromatic heterocycles. The maximum absolute atomic E-state index is 9.37. The second-order valence-corrected chi connectivity index (χ2v) is 5.79. The van der Waals surface area contributed by atoms with Gasteiger partial charge in [0.25, 0.3) is 0 Å². The molecule has 0 N–H and O–H groups in total. The van der Waals surface area contributed by atoms with Gasteiger partial charge in [-0.2, -0.15) is 10.4 Å². The molecule has 2 heterocycles. The molecule has 102 valence electrons. The Morgan fingerprint density at radius 1 is 1.37 bits per heavy atom. The summed E-state index contributed by atoms with van der Waals surface area (Å²) in [6.45, 7) is 11.4. The van der Waals surface area contributed by atoms with Crippen molar-refractivity contribution in [3.05, 3.63) is 16.8 Å². The first kappa shape index (κ1) is 13.8. The number of ether oxygens (including phenoxy) is 1. The molecule has 1 fully saturated rings. The summed E-state index contributed by atoms with van der Waals surface area (Å²) in [5, 5.41) is 17.8. The van der Waals surface area contributed by atoms with E-state index in [9.17, 15) is 5.26 Å². The molecule has 1 unspecified atom stereocenters. The molecule has 1 atom stereocenters. The van der Waals surface area contributed by atoms with E-state index in [0.29, 0.717) is 17.9 Å². The summed E-state index contributed by atoms with van der Waals surface area (Å²) in [5.74, 6) is 0.675. The molecule has 0 radical (unpaired) electrons. The molecule has 5 heteroatoms. The van der Waals surface area contributed by atoms with Gasteiger partial charge in [-0.15, -0.1) is 5.10 Å². The molecule has 2 rings (SSSR count). The average molecular weight is 260 g/mol. The van der Waals surface area contributed by atoms with Crippen molar-refractivity contribution in [3.8, 4) is 6.07 Å². The van der Waals surface area contributed by atoms with Crippen molar-refractivity contribution in [2.75, 3.05) is 18.0 Å². The summed E-state index contributed by atoms with van der Waals surface area (Å²) >= 11 is 0. The Hall–Kier alpha value is -1.67. The van der Waals surface area contributed by atoms with Crippen molar-refractivity contribution in [1.29, 1.82) is 5.26 Å². The summed E-state index contributed by atoms with van der Waals surface area (Å²) in [5.41, 5.74) is 2.09. The lowest BCUT2D eigenvalue weighted by molar-refractivity contribution is -0.0752. The molecule has 1 aliphatic rings. The minimum Gasteiger partial charge on any atom is -0.369 e. The maximum Gasteiger partial charge on any atom is 0.169 e. The van der Waals surface area contributed by atoms with Crippen molar-refractivity contribution in [3.63, 3.8) is 0 Å². The monoisotopic (exact) mass is 260 g/mol. The smallest absolute Gasteiger partial charge is 0.169 e. The van der Waals surface area contributed by atoms with Crippen LogP contribution in [0.1, 0.15) is 37.6 Å². The highest BCUT2D eigenvalue weighted by molar-refractivity contribution is 5.58. The number of nitrogens with zero attached hydrogens (tertiary/aromatic N) is 4. The second-order valence-electron chi connectivity index (χ2n) is 5.79. The minimum absolute atomic E-state index is 0.110. The standard InChI is InChI=1S/C14H20N4O/c1-9-7-18(8-14(4,5)19-9)13-12(6-15)10(2)11(3)16-17-13/h9H,7-8H2,1-5H3. The molecule has 1 aliphatic heterocycles. The molecule has 0 saturated carbocycles. The predicted molar refractivity (Wildman–Crippen MR) is 73.1 cm³/mol. The Morgan fingerprint density at radius 3 is 2.63 bits per heavy atom. The zero-order valence-electron chi connectivity index (χ0n) is 12.2. The van der Waals surface area contributed by atoms with Crippen LogP contribution in [0.3, 0.4) is 0 Å². The molecule has 0 aromatic carbocycles. The van der Waals surface area contributed by atoms with E-state index in [1.807, 2.05) is 20.8 Å². The first-order chi connectivity index (χ1) is 8.84. The van der Waals surface area contributed by atoms with E-state index in [1.165, 1.54) is 0 Å². The van der Waals surface area contributed by atoms with Crippen molar-refractivity contribution >= 4 is 5.82 Å². The summed E-state index contributed by atoms with van der Waals surface area (Å²) in [6, 6.07) is 2.26. The molecular formula is C14H20N4O. The van der Waals surface area contributed by atoms with E-state index in [1.54, 1.807) is 0 Å². The quantitative estimate of drug-likeness (QED) is 0.772. The van der Waals surface area contributed by atoms with Crippen molar-refractivity contribution in [1.82, 2.24) is 10.2 Å². The van der Waals surface area contributed by atoms with E-state index in [-0.39, 0.29) is 11.7 Å². The molecule has 5 nitrogen and oxygen atoms in total. The number of nitriles is 1. The molecule has 1 saturated heterocycles. The number of aryl methyl sites for hydroxylation is 1. The molecule has 1 aromatic rings. The Kier molecular flexibility index (Phi) is 3.46. The Balaban J connectivity index is 2.42. The van der Waals surface area contributed by atoms with Gasteiger partial charge >= 0.3 is 0 Å². The van der Waals surface area contributed by atoms with Gasteiger partial charge in [0, 0.05) is 13.1 Å². The highest BCUT2D eigenvalue weighted by Crippen LogP contribution is 2.28. The molecule has 0 aliphatic carbocycles. The van der Waals surface area contributed by atoms with Crippen molar-refractivity contribution in [2.45, 2.75) is 46.3 Å². The van der Waals surface area contributed by atoms with Gasteiger partial charge in [0.15, 0.2) is 5.82 Å². The summed E-state index contributed by atoms with van der Waals surface area (Å²) in [4.78, 5) is 2.10. The highest BCUT2D eigenvalue weighted by atomic mass is 16.5. The van der Waals surface area contributed by atoms with Crippen LogP contribution in [0.25, 0.3) is 0 Å². The second kappa shape index (κ2) is 4.78. The topological polar surface area (TPSA) is 62.0 Å². The van der Waals surface area contributed by atoms with Gasteiger partial charge in [-0.25, -0.2) is 0 Å². The van der Waals surface area contributed by atoms with Crippen LogP contribution in [-0.4, -0.2) is 35.0 Å². The number of morpholine rings is 1. The van der Waals surface area contributed by atoms with Crippen LogP contribution in [-0.2, 0) is 4.74 Å². The molecular weight excluding hydrogens is 240 g/mol. The fourth-order valence-electron chi connectivity index (χ4n) is 2.57. The number of aromatic nitrogens is 2. The SMILES string of the molecule is Cc1nnc(N2CC(C)OC(C)(C)C2)c(C#N)c1C. The van der Waals surface area contributed by atoms with Gasteiger partial charge in [0.2, 0.25) is 0 Å². The van der Waals surface area contributed by atoms with Crippen molar-refractivity contribution in [2.24, 2.45) is 0 Å². The highest BCUT2D eigenvalue weighted by Gasteiger charge is 2.33. The molecule has 0 amide bonds. The van der Waals surface area contributed by atoms with E-state index < -0.39 is 0 Å². The van der Waals surface area contributed by atoms with E-state index in [4.69, 9.17) is 4.74 Å². The first-order valence-corrected chi connectivity index (χ1v) is 6.51. The fraction of sp³-hybridized carbons (Fsp3) is 0.643. The predicted octanol–water partition coefficient (Wildman–Crippen LogP) is 1.97. The lowest BCUT2D eigenvalue weighted by Crippen LogP contribution is -2.52. The van der Waals surface area contributed by atoms with Gasteiger partial charge in [0.05, 0.1) is 17.4 Å². The van der Waals surface area contributed by atoms with Crippen LogP contribution in [0, 0.1) is 25.2 Å². The summed E-state index contributed by atoms with van der Waals surface area (Å²) in [6.07, 6.45) is 0.110. The fourth-order valence-corrected chi connectivity index (χ4v) is 2.57. The van der Waals surface area contributed by atoms with Crippen LogP contribution in [0.5, 0.6) is 0 Å². The minimum atomic E-state index is -0.245. The number of anilines is 1. The first-order valence-electron chi connectivity index (χ1n) is 6.51. The zero-order chi connectivity index (χ0) is 14.2. The van der Waals surface area contributed by atoms with Crippen LogP contribution in [0.15, 0.2) is 0 Å². The average Bonchev–Trinajstić information content (AvgIpc) is 2.29. The largest absolute Gasteiger partial charge is 0.369 e. The normalized spacial score (nSPS) is 22.1. The van der Waals surface area contributed by atoms with Gasteiger partial charge in [-0.3, -0.25) is 0 Å². The molecule has 0 bridgehead atoms. The Morgan fingerprint density at radius 2 is 2.05 bits per heavy atom. The van der Waals surface area contributed by atoms with Crippen molar-refractivity contribution < 1.29 is 4.74 Å².